The number of aromatic nitrogens is 2. The van der Waals surface area contributed by atoms with Gasteiger partial charge in [0.25, 0.3) is 0 Å². The summed E-state index contributed by atoms with van der Waals surface area (Å²) in [7, 11) is 0. The topological polar surface area (TPSA) is 51.8 Å². The molecule has 0 saturated carbocycles. The van der Waals surface area contributed by atoms with Crippen LogP contribution in [0.3, 0.4) is 0 Å². The number of aryl methyl sites for hydroxylation is 1. The lowest BCUT2D eigenvalue weighted by Crippen LogP contribution is -1.98. The second-order valence-corrected chi connectivity index (χ2v) is 3.75. The highest BCUT2D eigenvalue weighted by Gasteiger charge is 2.00. The largest absolute Gasteiger partial charge is 0.381 e. The average Bonchev–Trinajstić information content (AvgIpc) is 2.12. The minimum absolute atomic E-state index is 0.458. The van der Waals surface area contributed by atoms with E-state index in [9.17, 15) is 0 Å². The molecule has 1 aromatic rings. The molecule has 1 rings (SSSR count). The van der Waals surface area contributed by atoms with Crippen molar-refractivity contribution in [3.05, 3.63) is 16.5 Å². The fourth-order valence-electron chi connectivity index (χ4n) is 1.09. The summed E-state index contributed by atoms with van der Waals surface area (Å²) in [5.41, 5.74) is 6.53. The van der Waals surface area contributed by atoms with Crippen LogP contribution in [0.4, 0.5) is 5.82 Å². The smallest absolute Gasteiger partial charge is 0.156 e. The standard InChI is InChI=1S/C9H14BrN3/c1-2-3-4-5-7-6-12-9(11)8(10)13-7/h6H,2-5H2,1H3,(H2,11,12). The molecule has 0 unspecified atom stereocenters. The van der Waals surface area contributed by atoms with Crippen molar-refractivity contribution < 1.29 is 0 Å². The lowest BCUT2D eigenvalue weighted by Gasteiger charge is -2.01. The Morgan fingerprint density at radius 1 is 1.46 bits per heavy atom. The van der Waals surface area contributed by atoms with Gasteiger partial charge in [0.15, 0.2) is 5.82 Å². The maximum Gasteiger partial charge on any atom is 0.156 e. The molecule has 0 spiro atoms. The number of hydrogen-bond donors (Lipinski definition) is 1. The van der Waals surface area contributed by atoms with Gasteiger partial charge in [-0.15, -0.1) is 0 Å². The third kappa shape index (κ3) is 3.30. The fourth-order valence-corrected chi connectivity index (χ4v) is 1.42. The first-order valence-electron chi connectivity index (χ1n) is 4.51. The van der Waals surface area contributed by atoms with Gasteiger partial charge in [0.2, 0.25) is 0 Å². The van der Waals surface area contributed by atoms with Crippen molar-refractivity contribution in [2.24, 2.45) is 0 Å². The zero-order chi connectivity index (χ0) is 9.68. The average molecular weight is 244 g/mol. The first-order chi connectivity index (χ1) is 6.24. The number of rotatable bonds is 4. The van der Waals surface area contributed by atoms with Crippen LogP contribution in [0.1, 0.15) is 31.9 Å². The number of nitrogens with zero attached hydrogens (tertiary/aromatic N) is 2. The molecule has 0 bridgehead atoms. The highest BCUT2D eigenvalue weighted by molar-refractivity contribution is 9.10. The Balaban J connectivity index is 2.53. The summed E-state index contributed by atoms with van der Waals surface area (Å²) in [6.07, 6.45) is 6.37. The lowest BCUT2D eigenvalue weighted by atomic mass is 10.2. The van der Waals surface area contributed by atoms with Crippen molar-refractivity contribution in [1.29, 1.82) is 0 Å². The molecule has 0 amide bonds. The van der Waals surface area contributed by atoms with Crippen LogP contribution in [0.5, 0.6) is 0 Å². The van der Waals surface area contributed by atoms with E-state index in [4.69, 9.17) is 5.73 Å². The minimum atomic E-state index is 0.458. The summed E-state index contributed by atoms with van der Waals surface area (Å²) >= 11 is 3.26. The van der Waals surface area contributed by atoms with E-state index in [2.05, 4.69) is 32.8 Å². The SMILES string of the molecule is CCCCCc1cnc(N)c(Br)n1. The first kappa shape index (κ1) is 10.4. The second kappa shape index (κ2) is 5.17. The Morgan fingerprint density at radius 2 is 2.23 bits per heavy atom. The van der Waals surface area contributed by atoms with E-state index >= 15 is 0 Å². The molecule has 1 heterocycles. The number of hydrogen-bond acceptors (Lipinski definition) is 3. The summed E-state index contributed by atoms with van der Waals surface area (Å²) in [4.78, 5) is 8.30. The highest BCUT2D eigenvalue weighted by Crippen LogP contribution is 2.14. The number of nitrogen functional groups attached to an aromatic ring is 1. The van der Waals surface area contributed by atoms with Crippen molar-refractivity contribution in [2.45, 2.75) is 32.6 Å². The molecule has 13 heavy (non-hydrogen) atoms. The Morgan fingerprint density at radius 3 is 2.85 bits per heavy atom. The van der Waals surface area contributed by atoms with E-state index in [1.54, 1.807) is 6.20 Å². The zero-order valence-corrected chi connectivity index (χ0v) is 9.34. The molecule has 72 valence electrons. The van der Waals surface area contributed by atoms with Gasteiger partial charge in [0.1, 0.15) is 4.60 Å². The molecule has 0 radical (unpaired) electrons. The monoisotopic (exact) mass is 243 g/mol. The lowest BCUT2D eigenvalue weighted by molar-refractivity contribution is 0.704. The van der Waals surface area contributed by atoms with Crippen molar-refractivity contribution in [3.8, 4) is 0 Å². The van der Waals surface area contributed by atoms with E-state index in [1.165, 1.54) is 19.3 Å². The zero-order valence-electron chi connectivity index (χ0n) is 7.76. The predicted octanol–water partition coefficient (Wildman–Crippen LogP) is 2.55. The molecular weight excluding hydrogens is 230 g/mol. The Hall–Kier alpha value is -0.640. The summed E-state index contributed by atoms with van der Waals surface area (Å²) in [5.74, 6) is 0.458. The van der Waals surface area contributed by atoms with E-state index in [0.717, 1.165) is 12.1 Å². The molecule has 0 aliphatic rings. The van der Waals surface area contributed by atoms with Crippen molar-refractivity contribution >= 4 is 21.7 Å². The van der Waals surface area contributed by atoms with Gasteiger partial charge < -0.3 is 5.73 Å². The van der Waals surface area contributed by atoms with Gasteiger partial charge in [0, 0.05) is 0 Å². The van der Waals surface area contributed by atoms with Crippen molar-refractivity contribution in [1.82, 2.24) is 9.97 Å². The molecule has 0 aromatic carbocycles. The maximum atomic E-state index is 5.52. The third-order valence-electron chi connectivity index (χ3n) is 1.84. The van der Waals surface area contributed by atoms with Gasteiger partial charge in [-0.05, 0) is 28.8 Å². The normalized spacial score (nSPS) is 10.3. The molecule has 0 atom stereocenters. The molecule has 0 aliphatic heterocycles. The molecule has 2 N–H and O–H groups in total. The minimum Gasteiger partial charge on any atom is -0.381 e. The van der Waals surface area contributed by atoms with Gasteiger partial charge in [-0.3, -0.25) is 0 Å². The molecule has 0 saturated heterocycles. The van der Waals surface area contributed by atoms with Gasteiger partial charge in [-0.1, -0.05) is 19.8 Å². The number of nitrogens with two attached hydrogens (primary N) is 1. The quantitative estimate of drug-likeness (QED) is 0.828. The third-order valence-corrected chi connectivity index (χ3v) is 2.43. The Labute approximate surface area is 86.9 Å². The summed E-state index contributed by atoms with van der Waals surface area (Å²) in [6.45, 7) is 2.19. The van der Waals surface area contributed by atoms with E-state index in [-0.39, 0.29) is 0 Å². The number of halogens is 1. The molecule has 0 fully saturated rings. The predicted molar refractivity (Wildman–Crippen MR) is 57.4 cm³/mol. The summed E-state index contributed by atoms with van der Waals surface area (Å²) in [5, 5.41) is 0. The Kier molecular flexibility index (Phi) is 4.15. The van der Waals surface area contributed by atoms with Gasteiger partial charge in [-0.2, -0.15) is 0 Å². The van der Waals surface area contributed by atoms with Crippen molar-refractivity contribution in [2.75, 3.05) is 5.73 Å². The van der Waals surface area contributed by atoms with Crippen LogP contribution in [0, 0.1) is 0 Å². The highest BCUT2D eigenvalue weighted by atomic mass is 79.9. The van der Waals surface area contributed by atoms with Gasteiger partial charge >= 0.3 is 0 Å². The molecule has 1 aromatic heterocycles. The maximum absolute atomic E-state index is 5.52. The summed E-state index contributed by atoms with van der Waals surface area (Å²) < 4.78 is 0.654. The second-order valence-electron chi connectivity index (χ2n) is 2.99. The molecule has 0 aliphatic carbocycles. The number of anilines is 1. The van der Waals surface area contributed by atoms with Crippen LogP contribution >= 0.6 is 15.9 Å². The van der Waals surface area contributed by atoms with Crippen LogP contribution in [0.15, 0.2) is 10.8 Å². The van der Waals surface area contributed by atoms with Crippen LogP contribution in [-0.4, -0.2) is 9.97 Å². The van der Waals surface area contributed by atoms with Crippen molar-refractivity contribution in [3.63, 3.8) is 0 Å². The summed E-state index contributed by atoms with van der Waals surface area (Å²) in [6, 6.07) is 0. The molecular formula is C9H14BrN3. The van der Waals surface area contributed by atoms with Gasteiger partial charge in [-0.25, -0.2) is 9.97 Å². The van der Waals surface area contributed by atoms with Crippen LogP contribution in [-0.2, 0) is 6.42 Å². The van der Waals surface area contributed by atoms with Crippen LogP contribution < -0.4 is 5.73 Å². The number of unbranched alkanes of at least 4 members (excludes halogenated alkanes) is 2. The van der Waals surface area contributed by atoms with E-state index in [1.807, 2.05) is 0 Å². The van der Waals surface area contributed by atoms with Crippen LogP contribution in [0.25, 0.3) is 0 Å². The first-order valence-corrected chi connectivity index (χ1v) is 5.30. The van der Waals surface area contributed by atoms with E-state index in [0.29, 0.717) is 10.4 Å². The van der Waals surface area contributed by atoms with E-state index < -0.39 is 0 Å². The van der Waals surface area contributed by atoms with Gasteiger partial charge in [0.05, 0.1) is 11.9 Å². The molecule has 3 nitrogen and oxygen atoms in total. The Bertz CT molecular complexity index is 276. The molecule has 4 heteroatoms. The van der Waals surface area contributed by atoms with Crippen LogP contribution in [0.2, 0.25) is 0 Å². The fraction of sp³-hybridized carbons (Fsp3) is 0.556.